The predicted octanol–water partition coefficient (Wildman–Crippen LogP) is 14.5. The summed E-state index contributed by atoms with van der Waals surface area (Å²) in [6.07, 6.45) is 0. The lowest BCUT2D eigenvalue weighted by molar-refractivity contribution is 1.08. The zero-order chi connectivity index (χ0) is 40.7. The highest BCUT2D eigenvalue weighted by Gasteiger charge is 2.23. The number of benzene rings is 10. The van der Waals surface area contributed by atoms with Gasteiger partial charge in [-0.1, -0.05) is 164 Å². The molecule has 0 radical (unpaired) electrons. The maximum Gasteiger partial charge on any atom is 0.164 e. The molecule has 0 fully saturated rings. The van der Waals surface area contributed by atoms with Crippen LogP contribution < -0.4 is 0 Å². The van der Waals surface area contributed by atoms with Crippen LogP contribution in [0.2, 0.25) is 0 Å². The predicted molar refractivity (Wildman–Crippen MR) is 257 cm³/mol. The summed E-state index contributed by atoms with van der Waals surface area (Å²) in [4.78, 5) is 15.1. The van der Waals surface area contributed by atoms with E-state index in [4.69, 9.17) is 15.0 Å². The van der Waals surface area contributed by atoms with Gasteiger partial charge in [-0.3, -0.25) is 0 Å². The second-order valence-corrected chi connectivity index (χ2v) is 16.0. The third kappa shape index (κ3) is 5.25. The minimum Gasteiger partial charge on any atom is -0.309 e. The molecule has 10 aromatic carbocycles. The molecule has 0 aliphatic carbocycles. The van der Waals surface area contributed by atoms with Gasteiger partial charge in [0.05, 0.1) is 22.1 Å². The molecule has 5 heteroatoms. The van der Waals surface area contributed by atoms with E-state index in [9.17, 15) is 0 Å². The fraction of sp³-hybridized carbons (Fsp3) is 0. The number of hydrogen-bond acceptors (Lipinski definition) is 3. The largest absolute Gasteiger partial charge is 0.309 e. The van der Waals surface area contributed by atoms with Crippen molar-refractivity contribution >= 4 is 75.9 Å². The number of fused-ring (bicyclic) bond motifs is 11. The van der Waals surface area contributed by atoms with Crippen molar-refractivity contribution in [2.24, 2.45) is 0 Å². The molecular formula is C57H35N5. The Balaban J connectivity index is 1.05. The first kappa shape index (κ1) is 34.5. The third-order valence-corrected chi connectivity index (χ3v) is 12.5. The summed E-state index contributed by atoms with van der Waals surface area (Å²) in [6, 6.07) is 75.8. The minimum atomic E-state index is 0.644. The summed E-state index contributed by atoms with van der Waals surface area (Å²) >= 11 is 0. The highest BCUT2D eigenvalue weighted by atomic mass is 15.0. The van der Waals surface area contributed by atoms with E-state index in [1.54, 1.807) is 0 Å². The molecule has 3 heterocycles. The Morgan fingerprint density at radius 1 is 0.274 bits per heavy atom. The van der Waals surface area contributed by atoms with Gasteiger partial charge in [-0.15, -0.1) is 0 Å². The number of aromatic nitrogens is 5. The summed E-state index contributed by atoms with van der Waals surface area (Å²) in [5, 5.41) is 12.1. The average Bonchev–Trinajstić information content (AvgIpc) is 3.87. The van der Waals surface area contributed by atoms with Crippen LogP contribution >= 0.6 is 0 Å². The van der Waals surface area contributed by atoms with Gasteiger partial charge in [-0.25, -0.2) is 15.0 Å². The van der Waals surface area contributed by atoms with Gasteiger partial charge in [0.1, 0.15) is 0 Å². The van der Waals surface area contributed by atoms with E-state index in [1.807, 2.05) is 60.7 Å². The molecule has 0 amide bonds. The van der Waals surface area contributed by atoms with Gasteiger partial charge < -0.3 is 9.13 Å². The van der Waals surface area contributed by atoms with Crippen molar-refractivity contribution in [3.63, 3.8) is 0 Å². The number of para-hydroxylation sites is 1. The Hall–Kier alpha value is -8.41. The van der Waals surface area contributed by atoms with Gasteiger partial charge >= 0.3 is 0 Å². The van der Waals surface area contributed by atoms with Crippen LogP contribution in [0.25, 0.3) is 121 Å². The van der Waals surface area contributed by atoms with Crippen molar-refractivity contribution in [1.82, 2.24) is 24.1 Å². The van der Waals surface area contributed by atoms with Crippen LogP contribution in [0.15, 0.2) is 212 Å². The Labute approximate surface area is 356 Å². The fourth-order valence-corrected chi connectivity index (χ4v) is 9.73. The quantitative estimate of drug-likeness (QED) is 0.174. The van der Waals surface area contributed by atoms with Gasteiger partial charge in [0.25, 0.3) is 0 Å². The summed E-state index contributed by atoms with van der Waals surface area (Å²) in [5.74, 6) is 1.94. The number of nitrogens with zero attached hydrogens (tertiary/aromatic N) is 5. The Bertz CT molecular complexity index is 3860. The molecule has 62 heavy (non-hydrogen) atoms. The lowest BCUT2D eigenvalue weighted by atomic mass is 10.0. The van der Waals surface area contributed by atoms with Crippen molar-refractivity contribution in [1.29, 1.82) is 0 Å². The Kier molecular flexibility index (Phi) is 7.54. The highest BCUT2D eigenvalue weighted by Crippen LogP contribution is 2.45. The van der Waals surface area contributed by atoms with E-state index in [2.05, 4.69) is 161 Å². The first-order chi connectivity index (χ1) is 30.7. The first-order valence-electron chi connectivity index (χ1n) is 21.0. The van der Waals surface area contributed by atoms with Gasteiger partial charge in [-0.05, 0) is 80.8 Å². The monoisotopic (exact) mass is 789 g/mol. The average molecular weight is 790 g/mol. The minimum absolute atomic E-state index is 0.644. The summed E-state index contributed by atoms with van der Waals surface area (Å²) in [5.41, 5.74) is 9.81. The molecule has 0 unspecified atom stereocenters. The van der Waals surface area contributed by atoms with Crippen LogP contribution in [-0.2, 0) is 0 Å². The molecule has 0 aliphatic heterocycles. The first-order valence-corrected chi connectivity index (χ1v) is 21.0. The second-order valence-electron chi connectivity index (χ2n) is 16.0. The third-order valence-electron chi connectivity index (χ3n) is 12.5. The van der Waals surface area contributed by atoms with Crippen molar-refractivity contribution in [3.05, 3.63) is 212 Å². The van der Waals surface area contributed by atoms with Gasteiger partial charge in [-0.2, -0.15) is 0 Å². The molecule has 0 N–H and O–H groups in total. The van der Waals surface area contributed by atoms with Crippen molar-refractivity contribution in [2.45, 2.75) is 0 Å². The zero-order valence-electron chi connectivity index (χ0n) is 33.4. The van der Waals surface area contributed by atoms with E-state index in [0.717, 1.165) is 49.9 Å². The van der Waals surface area contributed by atoms with E-state index in [-0.39, 0.29) is 0 Å². The van der Waals surface area contributed by atoms with Gasteiger partial charge in [0.2, 0.25) is 0 Å². The van der Waals surface area contributed by atoms with E-state index < -0.39 is 0 Å². The molecule has 13 rings (SSSR count). The molecule has 0 aliphatic rings. The van der Waals surface area contributed by atoms with Gasteiger partial charge in [0, 0.05) is 49.6 Å². The van der Waals surface area contributed by atoms with Crippen LogP contribution in [0.4, 0.5) is 0 Å². The molecule has 0 bridgehead atoms. The summed E-state index contributed by atoms with van der Waals surface area (Å²) < 4.78 is 4.89. The molecule has 5 nitrogen and oxygen atoms in total. The summed E-state index contributed by atoms with van der Waals surface area (Å²) in [7, 11) is 0. The Morgan fingerprint density at radius 2 is 0.774 bits per heavy atom. The Morgan fingerprint density at radius 3 is 1.52 bits per heavy atom. The van der Waals surface area contributed by atoms with Crippen LogP contribution in [0.5, 0.6) is 0 Å². The maximum atomic E-state index is 5.09. The molecule has 0 saturated heterocycles. The molecule has 13 aromatic rings. The van der Waals surface area contributed by atoms with Crippen LogP contribution in [-0.4, -0.2) is 24.1 Å². The summed E-state index contributed by atoms with van der Waals surface area (Å²) in [6.45, 7) is 0. The normalized spacial score (nSPS) is 11.9. The fourth-order valence-electron chi connectivity index (χ4n) is 9.73. The van der Waals surface area contributed by atoms with Crippen LogP contribution in [0.3, 0.4) is 0 Å². The van der Waals surface area contributed by atoms with Crippen molar-refractivity contribution in [2.75, 3.05) is 0 Å². The molecule has 0 atom stereocenters. The highest BCUT2D eigenvalue weighted by molar-refractivity contribution is 6.33. The SMILES string of the molecule is c1ccc(-c2nc(-c3ccccc3)nc(-c3cccc4cc(-n5c6ccccc6c6c7c8c9ccccc9ccc8n(-c8ccc9ccccc9c8)c7ccc65)ccc34)n2)cc1. The van der Waals surface area contributed by atoms with E-state index in [0.29, 0.717) is 17.5 Å². The molecule has 288 valence electrons. The molecule has 0 spiro atoms. The molecule has 0 saturated carbocycles. The van der Waals surface area contributed by atoms with Crippen LogP contribution in [0.1, 0.15) is 0 Å². The van der Waals surface area contributed by atoms with Crippen molar-refractivity contribution < 1.29 is 0 Å². The van der Waals surface area contributed by atoms with Crippen LogP contribution in [0, 0.1) is 0 Å². The molecular weight excluding hydrogens is 755 g/mol. The lowest BCUT2D eigenvalue weighted by Crippen LogP contribution is -2.00. The standard InChI is InChI=1S/C57H35N5/c1-3-16-38(17-4-1)55-58-56(39-18-5-2-6-19-39)60-57(59-55)46-24-13-21-41-35-43(29-30-44(41)46)61-48-25-12-11-23-47(48)53-50(61)32-33-51-54(53)52-45-22-10-9-15-37(45)27-31-49(52)62(51)42-28-26-36-14-7-8-20-40(36)34-42/h1-35H. The number of hydrogen-bond donors (Lipinski definition) is 0. The van der Waals surface area contributed by atoms with Gasteiger partial charge in [0.15, 0.2) is 17.5 Å². The topological polar surface area (TPSA) is 48.5 Å². The smallest absolute Gasteiger partial charge is 0.164 e. The zero-order valence-corrected chi connectivity index (χ0v) is 33.4. The van der Waals surface area contributed by atoms with E-state index >= 15 is 0 Å². The van der Waals surface area contributed by atoms with Crippen molar-refractivity contribution in [3.8, 4) is 45.5 Å². The van der Waals surface area contributed by atoms with E-state index in [1.165, 1.54) is 54.1 Å². The maximum absolute atomic E-state index is 5.09. The second kappa shape index (κ2) is 13.6. The number of rotatable bonds is 5. The lowest BCUT2D eigenvalue weighted by Gasteiger charge is -2.13. The molecule has 3 aromatic heterocycles.